The molecule has 0 bridgehead atoms. The lowest BCUT2D eigenvalue weighted by Crippen LogP contribution is -2.34. The van der Waals surface area contributed by atoms with Gasteiger partial charge in [-0.15, -0.1) is 0 Å². The monoisotopic (exact) mass is 484 g/mol. The molecule has 3 atom stereocenters. The Morgan fingerprint density at radius 2 is 1.82 bits per heavy atom. The first-order chi connectivity index (χ1) is 16.6. The zero-order valence-electron chi connectivity index (χ0n) is 19.5. The first-order valence-corrected chi connectivity index (χ1v) is 12.0. The molecule has 1 aliphatic heterocycles. The first-order valence-electron chi connectivity index (χ1n) is 11.6. The number of benzene rings is 3. The SMILES string of the molecule is CCOc1ccc(Cc2cc(C3CC(OCc4ccccc4)CC(OC)O3)ccc2Cl)cc1F. The standard InChI is InChI=1S/C28H30ClFO4/c1-3-32-26-12-9-20(14-25(26)30)13-22-15-21(10-11-24(22)29)27-16-23(17-28(31-2)34-27)33-18-19-7-5-4-6-8-19/h4-12,14-15,23,27-28H,3,13,16-18H2,1-2H3. The van der Waals surface area contributed by atoms with E-state index in [0.717, 1.165) is 22.3 Å². The molecule has 1 heterocycles. The van der Waals surface area contributed by atoms with Crippen molar-refractivity contribution in [2.45, 2.75) is 51.3 Å². The smallest absolute Gasteiger partial charge is 0.165 e. The maximum atomic E-state index is 14.3. The second kappa shape index (κ2) is 11.8. The molecule has 0 spiro atoms. The van der Waals surface area contributed by atoms with Gasteiger partial charge in [0, 0.05) is 25.0 Å². The summed E-state index contributed by atoms with van der Waals surface area (Å²) >= 11 is 6.50. The molecule has 0 amide bonds. The van der Waals surface area contributed by atoms with E-state index in [2.05, 4.69) is 12.1 Å². The van der Waals surface area contributed by atoms with Gasteiger partial charge in [-0.05, 0) is 53.8 Å². The Hall–Kier alpha value is -2.44. The quantitative estimate of drug-likeness (QED) is 0.332. The molecule has 0 radical (unpaired) electrons. The van der Waals surface area contributed by atoms with Crippen molar-refractivity contribution < 1.29 is 23.3 Å². The summed E-state index contributed by atoms with van der Waals surface area (Å²) in [7, 11) is 1.65. The van der Waals surface area contributed by atoms with E-state index in [9.17, 15) is 4.39 Å². The van der Waals surface area contributed by atoms with Crippen LogP contribution in [0.5, 0.6) is 5.75 Å². The minimum absolute atomic E-state index is 0.00300. The van der Waals surface area contributed by atoms with Crippen molar-refractivity contribution >= 4 is 11.6 Å². The first kappa shape index (κ1) is 24.7. The number of methoxy groups -OCH3 is 1. The van der Waals surface area contributed by atoms with Gasteiger partial charge in [-0.1, -0.05) is 60.1 Å². The molecule has 4 rings (SSSR count). The van der Waals surface area contributed by atoms with Gasteiger partial charge >= 0.3 is 0 Å². The van der Waals surface area contributed by atoms with Gasteiger partial charge in [-0.3, -0.25) is 0 Å². The molecule has 4 nitrogen and oxygen atoms in total. The molecule has 3 aromatic carbocycles. The summed E-state index contributed by atoms with van der Waals surface area (Å²) in [6, 6.07) is 21.0. The lowest BCUT2D eigenvalue weighted by molar-refractivity contribution is -0.214. The molecule has 3 aromatic rings. The molecule has 34 heavy (non-hydrogen) atoms. The van der Waals surface area contributed by atoms with Gasteiger partial charge in [-0.25, -0.2) is 4.39 Å². The van der Waals surface area contributed by atoms with Crippen LogP contribution in [0.4, 0.5) is 4.39 Å². The van der Waals surface area contributed by atoms with Crippen LogP contribution in [0.3, 0.4) is 0 Å². The molecule has 3 unspecified atom stereocenters. The van der Waals surface area contributed by atoms with E-state index in [0.29, 0.717) is 37.5 Å². The highest BCUT2D eigenvalue weighted by Gasteiger charge is 2.31. The summed E-state index contributed by atoms with van der Waals surface area (Å²) in [5.41, 5.74) is 3.87. The van der Waals surface area contributed by atoms with Gasteiger partial charge in [0.25, 0.3) is 0 Å². The zero-order chi connectivity index (χ0) is 23.9. The highest BCUT2D eigenvalue weighted by molar-refractivity contribution is 6.31. The van der Waals surface area contributed by atoms with E-state index in [1.807, 2.05) is 49.4 Å². The molecule has 1 saturated heterocycles. The third-order valence-electron chi connectivity index (χ3n) is 5.97. The second-order valence-corrected chi connectivity index (χ2v) is 8.81. The van der Waals surface area contributed by atoms with Gasteiger partial charge in [0.15, 0.2) is 17.9 Å². The molecular formula is C28H30ClFO4. The van der Waals surface area contributed by atoms with Gasteiger partial charge in [0.2, 0.25) is 0 Å². The van der Waals surface area contributed by atoms with Gasteiger partial charge in [0.05, 0.1) is 25.4 Å². The minimum atomic E-state index is -0.372. The lowest BCUT2D eigenvalue weighted by atomic mass is 9.95. The number of ether oxygens (including phenoxy) is 4. The largest absolute Gasteiger partial charge is 0.491 e. The second-order valence-electron chi connectivity index (χ2n) is 8.41. The van der Waals surface area contributed by atoms with Gasteiger partial charge in [0.1, 0.15) is 0 Å². The van der Waals surface area contributed by atoms with Crippen molar-refractivity contribution in [2.75, 3.05) is 13.7 Å². The van der Waals surface area contributed by atoms with Crippen LogP contribution >= 0.6 is 11.6 Å². The number of hydrogen-bond acceptors (Lipinski definition) is 4. The fourth-order valence-corrected chi connectivity index (χ4v) is 4.40. The number of halogens is 2. The highest BCUT2D eigenvalue weighted by atomic mass is 35.5. The van der Waals surface area contributed by atoms with Crippen LogP contribution in [-0.2, 0) is 27.2 Å². The van der Waals surface area contributed by atoms with E-state index >= 15 is 0 Å². The van der Waals surface area contributed by atoms with Crippen molar-refractivity contribution in [3.63, 3.8) is 0 Å². The zero-order valence-corrected chi connectivity index (χ0v) is 20.3. The molecule has 0 aliphatic carbocycles. The van der Waals surface area contributed by atoms with Crippen molar-refractivity contribution in [3.05, 3.63) is 99.8 Å². The number of hydrogen-bond donors (Lipinski definition) is 0. The number of rotatable bonds is 9. The van der Waals surface area contributed by atoms with Gasteiger partial charge in [-0.2, -0.15) is 0 Å². The van der Waals surface area contributed by atoms with Crippen LogP contribution in [0.2, 0.25) is 5.02 Å². The molecule has 0 saturated carbocycles. The van der Waals surface area contributed by atoms with Crippen LogP contribution < -0.4 is 4.74 Å². The third-order valence-corrected chi connectivity index (χ3v) is 6.34. The summed E-state index contributed by atoms with van der Waals surface area (Å²) in [4.78, 5) is 0. The predicted octanol–water partition coefficient (Wildman–Crippen LogP) is 6.88. The molecule has 0 aromatic heterocycles. The summed E-state index contributed by atoms with van der Waals surface area (Å²) in [5.74, 6) is -0.113. The fourth-order valence-electron chi connectivity index (χ4n) is 4.21. The molecular weight excluding hydrogens is 455 g/mol. The molecule has 1 fully saturated rings. The van der Waals surface area contributed by atoms with Crippen LogP contribution in [0.1, 0.15) is 48.1 Å². The van der Waals surface area contributed by atoms with E-state index in [1.54, 1.807) is 13.2 Å². The van der Waals surface area contributed by atoms with Crippen LogP contribution in [0.25, 0.3) is 0 Å². The van der Waals surface area contributed by atoms with Crippen LogP contribution in [-0.4, -0.2) is 26.1 Å². The molecule has 0 N–H and O–H groups in total. The van der Waals surface area contributed by atoms with Gasteiger partial charge < -0.3 is 18.9 Å². The summed E-state index contributed by atoms with van der Waals surface area (Å²) in [6.07, 6.45) is 1.36. The van der Waals surface area contributed by atoms with E-state index in [1.165, 1.54) is 6.07 Å². The Labute approximate surface area is 205 Å². The maximum absolute atomic E-state index is 14.3. The Kier molecular flexibility index (Phi) is 8.57. The Morgan fingerprint density at radius 1 is 1.00 bits per heavy atom. The topological polar surface area (TPSA) is 36.9 Å². The average Bonchev–Trinajstić information content (AvgIpc) is 2.86. The van der Waals surface area contributed by atoms with Crippen LogP contribution in [0, 0.1) is 5.82 Å². The molecule has 1 aliphatic rings. The summed E-state index contributed by atoms with van der Waals surface area (Å²) in [5, 5.41) is 0.633. The van der Waals surface area contributed by atoms with E-state index in [-0.39, 0.29) is 30.1 Å². The third kappa shape index (κ3) is 6.36. The molecule has 6 heteroatoms. The van der Waals surface area contributed by atoms with E-state index in [4.69, 9.17) is 30.5 Å². The molecule has 180 valence electrons. The minimum Gasteiger partial charge on any atom is -0.491 e. The van der Waals surface area contributed by atoms with Crippen molar-refractivity contribution in [2.24, 2.45) is 0 Å². The Balaban J connectivity index is 1.48. The summed E-state index contributed by atoms with van der Waals surface area (Å²) in [6.45, 7) is 2.80. The van der Waals surface area contributed by atoms with E-state index < -0.39 is 0 Å². The fraction of sp³-hybridized carbons (Fsp3) is 0.357. The normalized spacial score (nSPS) is 20.3. The summed E-state index contributed by atoms with van der Waals surface area (Å²) < 4.78 is 37.6. The average molecular weight is 485 g/mol. The maximum Gasteiger partial charge on any atom is 0.165 e. The lowest BCUT2D eigenvalue weighted by Gasteiger charge is -2.35. The predicted molar refractivity (Wildman–Crippen MR) is 131 cm³/mol. The van der Waals surface area contributed by atoms with Crippen molar-refractivity contribution in [1.82, 2.24) is 0 Å². The van der Waals surface area contributed by atoms with Crippen molar-refractivity contribution in [3.8, 4) is 5.75 Å². The Bertz CT molecular complexity index is 1080. The highest BCUT2D eigenvalue weighted by Crippen LogP contribution is 2.35. The van der Waals surface area contributed by atoms with Crippen molar-refractivity contribution in [1.29, 1.82) is 0 Å². The van der Waals surface area contributed by atoms with Crippen LogP contribution in [0.15, 0.2) is 66.7 Å². The Morgan fingerprint density at radius 3 is 2.56 bits per heavy atom.